The molecule has 0 radical (unpaired) electrons. The van der Waals surface area contributed by atoms with Crippen LogP contribution in [0.3, 0.4) is 0 Å². The molecule has 2 N–H and O–H groups in total. The molecule has 3 rings (SSSR count). The Labute approximate surface area is 161 Å². The second-order valence-corrected chi connectivity index (χ2v) is 6.07. The van der Waals surface area contributed by atoms with E-state index in [4.69, 9.17) is 9.47 Å². The van der Waals surface area contributed by atoms with Crippen LogP contribution in [-0.4, -0.2) is 57.3 Å². The van der Waals surface area contributed by atoms with Crippen molar-refractivity contribution in [3.05, 3.63) is 18.2 Å². The molecule has 1 unspecified atom stereocenters. The van der Waals surface area contributed by atoms with Gasteiger partial charge in [-0.3, -0.25) is 4.99 Å². The number of aliphatic imine (C=N–C) groups is 1. The monoisotopic (exact) mass is 446 g/mol. The molecule has 1 aromatic carbocycles. The molecule has 134 valence electrons. The average Bonchev–Trinajstić information content (AvgIpc) is 2.83. The summed E-state index contributed by atoms with van der Waals surface area (Å²) in [5, 5.41) is 6.73. The number of anilines is 1. The van der Waals surface area contributed by atoms with E-state index in [1.165, 1.54) is 19.4 Å². The summed E-state index contributed by atoms with van der Waals surface area (Å²) in [5.41, 5.74) is 0.946. The van der Waals surface area contributed by atoms with Crippen LogP contribution in [0, 0.1) is 0 Å². The minimum Gasteiger partial charge on any atom is -0.490 e. The third-order valence-corrected chi connectivity index (χ3v) is 4.41. The van der Waals surface area contributed by atoms with Gasteiger partial charge in [0.1, 0.15) is 0 Å². The summed E-state index contributed by atoms with van der Waals surface area (Å²) < 4.78 is 11.4. The van der Waals surface area contributed by atoms with Crippen LogP contribution >= 0.6 is 24.0 Å². The van der Waals surface area contributed by atoms with E-state index in [2.05, 4.69) is 27.6 Å². The molecule has 0 saturated carbocycles. The predicted molar refractivity (Wildman–Crippen MR) is 108 cm³/mol. The van der Waals surface area contributed by atoms with Crippen molar-refractivity contribution in [3.8, 4) is 11.5 Å². The van der Waals surface area contributed by atoms with E-state index in [0.717, 1.165) is 36.1 Å². The number of fused-ring (bicyclic) bond motifs is 1. The van der Waals surface area contributed by atoms with Crippen molar-refractivity contribution in [3.63, 3.8) is 0 Å². The van der Waals surface area contributed by atoms with Gasteiger partial charge in [-0.1, -0.05) is 0 Å². The van der Waals surface area contributed by atoms with Gasteiger partial charge in [0.25, 0.3) is 0 Å². The van der Waals surface area contributed by atoms with E-state index in [9.17, 15) is 0 Å². The van der Waals surface area contributed by atoms with Crippen LogP contribution in [0.1, 0.15) is 19.3 Å². The fraction of sp³-hybridized carbons (Fsp3) is 0.588. The Morgan fingerprint density at radius 1 is 1.25 bits per heavy atom. The van der Waals surface area contributed by atoms with Gasteiger partial charge in [-0.25, -0.2) is 0 Å². The third kappa shape index (κ3) is 4.89. The Morgan fingerprint density at radius 3 is 2.75 bits per heavy atom. The summed E-state index contributed by atoms with van der Waals surface area (Å²) in [5.74, 6) is 2.38. The van der Waals surface area contributed by atoms with Crippen molar-refractivity contribution in [2.24, 2.45) is 4.99 Å². The Hall–Kier alpha value is -1.22. The number of hydrogen-bond acceptors (Lipinski definition) is 4. The van der Waals surface area contributed by atoms with E-state index in [-0.39, 0.29) is 24.0 Å². The summed E-state index contributed by atoms with van der Waals surface area (Å²) in [6, 6.07) is 6.48. The summed E-state index contributed by atoms with van der Waals surface area (Å²) >= 11 is 0. The normalized spacial score (nSPS) is 20.9. The summed E-state index contributed by atoms with van der Waals surface area (Å²) in [6.07, 6.45) is 3.43. The van der Waals surface area contributed by atoms with Crippen molar-refractivity contribution >= 4 is 35.6 Å². The Morgan fingerprint density at radius 2 is 2.04 bits per heavy atom. The van der Waals surface area contributed by atoms with Gasteiger partial charge >= 0.3 is 0 Å². The number of nitrogens with zero attached hydrogens (tertiary/aromatic N) is 2. The van der Waals surface area contributed by atoms with Gasteiger partial charge in [0, 0.05) is 37.8 Å². The fourth-order valence-electron chi connectivity index (χ4n) is 3.01. The van der Waals surface area contributed by atoms with Crippen LogP contribution in [0.25, 0.3) is 0 Å². The van der Waals surface area contributed by atoms with E-state index in [0.29, 0.717) is 19.3 Å². The van der Waals surface area contributed by atoms with E-state index in [1.807, 2.05) is 18.2 Å². The van der Waals surface area contributed by atoms with Gasteiger partial charge < -0.3 is 25.0 Å². The second-order valence-electron chi connectivity index (χ2n) is 6.07. The Kier molecular flexibility index (Phi) is 7.41. The molecule has 2 aliphatic heterocycles. The Balaban J connectivity index is 0.00000208. The maximum absolute atomic E-state index is 5.73. The number of guanidine groups is 1. The maximum atomic E-state index is 5.73. The molecule has 2 aliphatic rings. The Bertz CT molecular complexity index is 568. The highest BCUT2D eigenvalue weighted by atomic mass is 127. The van der Waals surface area contributed by atoms with Crippen molar-refractivity contribution < 1.29 is 9.47 Å². The van der Waals surface area contributed by atoms with Gasteiger partial charge in [-0.2, -0.15) is 0 Å². The number of hydrogen-bond donors (Lipinski definition) is 2. The van der Waals surface area contributed by atoms with Crippen molar-refractivity contribution in [1.29, 1.82) is 0 Å². The number of rotatable bonds is 3. The van der Waals surface area contributed by atoms with Crippen LogP contribution in [-0.2, 0) is 0 Å². The van der Waals surface area contributed by atoms with Gasteiger partial charge in [-0.15, -0.1) is 24.0 Å². The first-order valence-electron chi connectivity index (χ1n) is 8.34. The molecular weight excluding hydrogens is 419 g/mol. The molecule has 0 bridgehead atoms. The van der Waals surface area contributed by atoms with E-state index < -0.39 is 0 Å². The average molecular weight is 446 g/mol. The number of nitrogens with one attached hydrogen (secondary N) is 2. The van der Waals surface area contributed by atoms with Crippen LogP contribution in [0.5, 0.6) is 11.5 Å². The summed E-state index contributed by atoms with van der Waals surface area (Å²) in [4.78, 5) is 6.70. The lowest BCUT2D eigenvalue weighted by atomic mass is 10.2. The molecule has 0 amide bonds. The minimum absolute atomic E-state index is 0. The molecule has 1 aromatic rings. The van der Waals surface area contributed by atoms with Crippen LogP contribution in [0.2, 0.25) is 0 Å². The van der Waals surface area contributed by atoms with Crippen molar-refractivity contribution in [1.82, 2.24) is 10.2 Å². The first-order valence-corrected chi connectivity index (χ1v) is 8.34. The highest BCUT2D eigenvalue weighted by molar-refractivity contribution is 14.0. The second kappa shape index (κ2) is 9.31. The molecule has 6 nitrogen and oxygen atoms in total. The van der Waals surface area contributed by atoms with E-state index >= 15 is 0 Å². The molecule has 24 heavy (non-hydrogen) atoms. The number of likely N-dealkylation sites (tertiary alicyclic amines) is 1. The molecule has 0 aliphatic carbocycles. The molecule has 1 fully saturated rings. The third-order valence-electron chi connectivity index (χ3n) is 4.41. The highest BCUT2D eigenvalue weighted by Gasteiger charge is 2.20. The standard InChI is InChI=1S/C17H26N4O2.HI/c1-18-17(19-12-14-5-3-8-21(14)2)20-13-6-7-15-16(11-13)23-10-4-9-22-15;/h6-7,11,14H,3-5,8-10,12H2,1-2H3,(H2,18,19,20);1H. The van der Waals surface area contributed by atoms with Gasteiger partial charge in [0.15, 0.2) is 17.5 Å². The molecule has 1 atom stereocenters. The SMILES string of the molecule is CN=C(NCC1CCCN1C)Nc1ccc2c(c1)OCCCO2.I. The van der Waals surface area contributed by atoms with Gasteiger partial charge in [0.05, 0.1) is 13.2 Å². The quantitative estimate of drug-likeness (QED) is 0.425. The number of likely N-dealkylation sites (N-methyl/N-ethyl adjacent to an activating group) is 1. The lowest BCUT2D eigenvalue weighted by molar-refractivity contribution is 0.297. The first-order chi connectivity index (χ1) is 11.3. The first kappa shape index (κ1) is 19.1. The lowest BCUT2D eigenvalue weighted by Gasteiger charge is -2.21. The molecule has 2 heterocycles. The summed E-state index contributed by atoms with van der Waals surface area (Å²) in [7, 11) is 3.97. The maximum Gasteiger partial charge on any atom is 0.195 e. The van der Waals surface area contributed by atoms with Gasteiger partial charge in [0.2, 0.25) is 0 Å². The topological polar surface area (TPSA) is 58.1 Å². The highest BCUT2D eigenvalue weighted by Crippen LogP contribution is 2.32. The zero-order valence-electron chi connectivity index (χ0n) is 14.4. The molecule has 7 heteroatoms. The number of benzene rings is 1. The number of ether oxygens (including phenoxy) is 2. The molecule has 0 spiro atoms. The smallest absolute Gasteiger partial charge is 0.195 e. The zero-order chi connectivity index (χ0) is 16.1. The minimum atomic E-state index is 0. The van der Waals surface area contributed by atoms with Crippen LogP contribution < -0.4 is 20.1 Å². The van der Waals surface area contributed by atoms with Crippen LogP contribution in [0.4, 0.5) is 5.69 Å². The zero-order valence-corrected chi connectivity index (χ0v) is 16.7. The fourth-order valence-corrected chi connectivity index (χ4v) is 3.01. The molecule has 0 aromatic heterocycles. The van der Waals surface area contributed by atoms with Crippen LogP contribution in [0.15, 0.2) is 23.2 Å². The molecular formula is C17H27IN4O2. The van der Waals surface area contributed by atoms with Gasteiger partial charge in [-0.05, 0) is 38.6 Å². The predicted octanol–water partition coefficient (Wildman–Crippen LogP) is 2.55. The van der Waals surface area contributed by atoms with Crippen molar-refractivity contribution in [2.75, 3.05) is 45.7 Å². The number of halogens is 1. The van der Waals surface area contributed by atoms with E-state index in [1.54, 1.807) is 7.05 Å². The summed E-state index contributed by atoms with van der Waals surface area (Å²) in [6.45, 7) is 3.48. The lowest BCUT2D eigenvalue weighted by Crippen LogP contribution is -2.40. The molecule has 1 saturated heterocycles. The largest absolute Gasteiger partial charge is 0.490 e. The van der Waals surface area contributed by atoms with Crippen molar-refractivity contribution in [2.45, 2.75) is 25.3 Å².